The molecular weight excluding hydrogens is 307 g/mol. The van der Waals surface area contributed by atoms with Crippen molar-refractivity contribution < 1.29 is 9.18 Å². The van der Waals surface area contributed by atoms with E-state index in [-0.39, 0.29) is 11.5 Å². The van der Waals surface area contributed by atoms with Crippen molar-refractivity contribution in [2.75, 3.05) is 18.0 Å². The Hall–Kier alpha value is -2.76. The number of anilines is 1. The predicted octanol–water partition coefficient (Wildman–Crippen LogP) is 2.89. The molecule has 1 aromatic carbocycles. The SMILES string of the molecule is Cc1cc(N2CCCC2)c(F)cc1C=NNC(=O)c1ccccn1. The van der Waals surface area contributed by atoms with E-state index in [0.717, 1.165) is 31.5 Å². The van der Waals surface area contributed by atoms with Gasteiger partial charge in [-0.1, -0.05) is 6.07 Å². The summed E-state index contributed by atoms with van der Waals surface area (Å²) in [7, 11) is 0. The minimum Gasteiger partial charge on any atom is -0.369 e. The van der Waals surface area contributed by atoms with E-state index in [4.69, 9.17) is 0 Å². The van der Waals surface area contributed by atoms with Gasteiger partial charge in [0.05, 0.1) is 11.9 Å². The van der Waals surface area contributed by atoms with E-state index in [0.29, 0.717) is 11.3 Å². The molecule has 0 aliphatic carbocycles. The topological polar surface area (TPSA) is 57.6 Å². The molecule has 124 valence electrons. The van der Waals surface area contributed by atoms with Gasteiger partial charge in [-0.25, -0.2) is 9.82 Å². The summed E-state index contributed by atoms with van der Waals surface area (Å²) in [4.78, 5) is 17.8. The standard InChI is InChI=1S/C18H19FN4O/c1-13-10-17(23-8-4-5-9-23)15(19)11-14(13)12-21-22-18(24)16-6-2-3-7-20-16/h2-3,6-7,10-12H,4-5,8-9H2,1H3,(H,22,24). The molecular formula is C18H19FN4O. The molecule has 1 aliphatic heterocycles. The van der Waals surface area contributed by atoms with Gasteiger partial charge in [-0.2, -0.15) is 5.10 Å². The molecule has 24 heavy (non-hydrogen) atoms. The summed E-state index contributed by atoms with van der Waals surface area (Å²) in [5.74, 6) is -0.668. The lowest BCUT2D eigenvalue weighted by molar-refractivity contribution is 0.0950. The van der Waals surface area contributed by atoms with Crippen molar-refractivity contribution in [3.05, 3.63) is 59.2 Å². The normalized spacial score (nSPS) is 14.3. The zero-order valence-corrected chi connectivity index (χ0v) is 13.5. The molecule has 1 saturated heterocycles. The molecule has 0 unspecified atom stereocenters. The monoisotopic (exact) mass is 326 g/mol. The second-order valence-electron chi connectivity index (χ2n) is 5.77. The van der Waals surface area contributed by atoms with E-state index in [2.05, 4.69) is 20.4 Å². The Morgan fingerprint density at radius 3 is 2.83 bits per heavy atom. The van der Waals surface area contributed by atoms with Gasteiger partial charge >= 0.3 is 0 Å². The molecule has 0 saturated carbocycles. The van der Waals surface area contributed by atoms with Crippen LogP contribution in [-0.2, 0) is 0 Å². The summed E-state index contributed by atoms with van der Waals surface area (Å²) in [5, 5.41) is 3.90. The van der Waals surface area contributed by atoms with Gasteiger partial charge < -0.3 is 4.90 Å². The molecule has 5 nitrogen and oxygen atoms in total. The maximum atomic E-state index is 14.3. The van der Waals surface area contributed by atoms with Gasteiger partial charge in [0.1, 0.15) is 11.5 Å². The third-order valence-corrected chi connectivity index (χ3v) is 4.05. The Balaban J connectivity index is 1.71. The van der Waals surface area contributed by atoms with Crippen LogP contribution in [0, 0.1) is 12.7 Å². The lowest BCUT2D eigenvalue weighted by Crippen LogP contribution is -2.20. The van der Waals surface area contributed by atoms with E-state index < -0.39 is 5.91 Å². The van der Waals surface area contributed by atoms with Crippen molar-refractivity contribution in [1.29, 1.82) is 0 Å². The van der Waals surface area contributed by atoms with Gasteiger partial charge in [0, 0.05) is 24.8 Å². The van der Waals surface area contributed by atoms with Crippen molar-refractivity contribution in [3.63, 3.8) is 0 Å². The molecule has 2 heterocycles. The van der Waals surface area contributed by atoms with Crippen LogP contribution in [0.3, 0.4) is 0 Å². The number of amides is 1. The molecule has 2 aromatic rings. The van der Waals surface area contributed by atoms with Gasteiger partial charge in [-0.3, -0.25) is 9.78 Å². The molecule has 0 atom stereocenters. The number of carbonyl (C=O) groups is 1. The third kappa shape index (κ3) is 3.59. The molecule has 0 spiro atoms. The van der Waals surface area contributed by atoms with E-state index in [9.17, 15) is 9.18 Å². The summed E-state index contributed by atoms with van der Waals surface area (Å²) >= 11 is 0. The summed E-state index contributed by atoms with van der Waals surface area (Å²) in [6.45, 7) is 3.69. The van der Waals surface area contributed by atoms with Crippen LogP contribution >= 0.6 is 0 Å². The Morgan fingerprint density at radius 2 is 2.12 bits per heavy atom. The highest BCUT2D eigenvalue weighted by Crippen LogP contribution is 2.26. The van der Waals surface area contributed by atoms with Crippen molar-refractivity contribution in [1.82, 2.24) is 10.4 Å². The average Bonchev–Trinajstić information content (AvgIpc) is 3.12. The van der Waals surface area contributed by atoms with Crippen molar-refractivity contribution in [2.24, 2.45) is 5.10 Å². The fourth-order valence-corrected chi connectivity index (χ4v) is 2.74. The number of hydrogen-bond acceptors (Lipinski definition) is 4. The molecule has 1 aliphatic rings. The molecule has 0 bridgehead atoms. The van der Waals surface area contributed by atoms with Crippen LogP contribution in [0.15, 0.2) is 41.6 Å². The fourth-order valence-electron chi connectivity index (χ4n) is 2.74. The lowest BCUT2D eigenvalue weighted by Gasteiger charge is -2.19. The van der Waals surface area contributed by atoms with Crippen molar-refractivity contribution in [2.45, 2.75) is 19.8 Å². The van der Waals surface area contributed by atoms with Gasteiger partial charge in [0.2, 0.25) is 0 Å². The predicted molar refractivity (Wildman–Crippen MR) is 91.9 cm³/mol. The summed E-state index contributed by atoms with van der Waals surface area (Å²) in [5.41, 5.74) is 4.86. The van der Waals surface area contributed by atoms with E-state index in [1.807, 2.05) is 13.0 Å². The summed E-state index contributed by atoms with van der Waals surface area (Å²) in [6, 6.07) is 8.35. The number of nitrogens with one attached hydrogen (secondary N) is 1. The van der Waals surface area contributed by atoms with Crippen LogP contribution in [0.4, 0.5) is 10.1 Å². The number of pyridine rings is 1. The van der Waals surface area contributed by atoms with Crippen molar-refractivity contribution in [3.8, 4) is 0 Å². The minimum absolute atomic E-state index is 0.264. The summed E-state index contributed by atoms with van der Waals surface area (Å²) < 4.78 is 14.3. The number of aromatic nitrogens is 1. The summed E-state index contributed by atoms with van der Waals surface area (Å²) in [6.07, 6.45) is 5.19. The molecule has 6 heteroatoms. The first kappa shape index (κ1) is 16.1. The highest BCUT2D eigenvalue weighted by atomic mass is 19.1. The van der Waals surface area contributed by atoms with Crippen molar-refractivity contribution >= 4 is 17.8 Å². The van der Waals surface area contributed by atoms with E-state index in [1.165, 1.54) is 18.5 Å². The largest absolute Gasteiger partial charge is 0.369 e. The van der Waals surface area contributed by atoms with Gasteiger partial charge in [0.25, 0.3) is 5.91 Å². The molecule has 3 rings (SSSR count). The number of carbonyl (C=O) groups excluding carboxylic acids is 1. The lowest BCUT2D eigenvalue weighted by atomic mass is 10.1. The van der Waals surface area contributed by atoms with Crippen LogP contribution in [-0.4, -0.2) is 30.2 Å². The first-order valence-corrected chi connectivity index (χ1v) is 7.94. The zero-order valence-electron chi connectivity index (χ0n) is 13.5. The Morgan fingerprint density at radius 1 is 1.33 bits per heavy atom. The van der Waals surface area contributed by atoms with Crippen LogP contribution in [0.5, 0.6) is 0 Å². The molecule has 1 aromatic heterocycles. The number of benzene rings is 1. The maximum Gasteiger partial charge on any atom is 0.289 e. The number of hydrogen-bond donors (Lipinski definition) is 1. The number of aryl methyl sites for hydroxylation is 1. The Bertz CT molecular complexity index is 755. The number of halogens is 1. The fraction of sp³-hybridized carbons (Fsp3) is 0.278. The number of rotatable bonds is 4. The molecule has 1 amide bonds. The van der Waals surface area contributed by atoms with E-state index >= 15 is 0 Å². The quantitative estimate of drug-likeness (QED) is 0.694. The third-order valence-electron chi connectivity index (χ3n) is 4.05. The van der Waals surface area contributed by atoms with Gasteiger partial charge in [-0.05, 0) is 49.6 Å². The Labute approximate surface area is 140 Å². The highest BCUT2D eigenvalue weighted by molar-refractivity contribution is 5.93. The van der Waals surface area contributed by atoms with Crippen LogP contribution in [0.2, 0.25) is 0 Å². The number of nitrogens with zero attached hydrogens (tertiary/aromatic N) is 3. The molecule has 1 fully saturated rings. The second kappa shape index (κ2) is 7.21. The van der Waals surface area contributed by atoms with Crippen LogP contribution in [0.25, 0.3) is 0 Å². The average molecular weight is 326 g/mol. The molecule has 0 radical (unpaired) electrons. The highest BCUT2D eigenvalue weighted by Gasteiger charge is 2.17. The van der Waals surface area contributed by atoms with Crippen LogP contribution in [0.1, 0.15) is 34.5 Å². The molecule has 1 N–H and O–H groups in total. The maximum absolute atomic E-state index is 14.3. The smallest absolute Gasteiger partial charge is 0.289 e. The number of hydrazone groups is 1. The zero-order chi connectivity index (χ0) is 16.9. The van der Waals surface area contributed by atoms with E-state index in [1.54, 1.807) is 18.2 Å². The second-order valence-corrected chi connectivity index (χ2v) is 5.77. The van der Waals surface area contributed by atoms with Crippen LogP contribution < -0.4 is 10.3 Å². The first-order valence-electron chi connectivity index (χ1n) is 7.94. The first-order chi connectivity index (χ1) is 11.6. The van der Waals surface area contributed by atoms with Gasteiger partial charge in [-0.15, -0.1) is 0 Å². The van der Waals surface area contributed by atoms with Gasteiger partial charge in [0.15, 0.2) is 0 Å². The minimum atomic E-state index is -0.404. The Kier molecular flexibility index (Phi) is 4.84.